The van der Waals surface area contributed by atoms with Gasteiger partial charge in [-0.15, -0.1) is 0 Å². The molecule has 1 rings (SSSR count). The molecule has 0 spiro atoms. The number of hydrogen-bond acceptors (Lipinski definition) is 2. The molecule has 0 aromatic rings. The van der Waals surface area contributed by atoms with E-state index in [0.717, 1.165) is 0 Å². The first-order valence-electron chi connectivity index (χ1n) is 5.67. The first kappa shape index (κ1) is 11.0. The Hall–Kier alpha value is -0.0800. The Morgan fingerprint density at radius 3 is 2.62 bits per heavy atom. The highest BCUT2D eigenvalue weighted by atomic mass is 15.2. The van der Waals surface area contributed by atoms with Gasteiger partial charge in [0.25, 0.3) is 0 Å². The van der Waals surface area contributed by atoms with Gasteiger partial charge in [0.2, 0.25) is 0 Å². The molecule has 13 heavy (non-hydrogen) atoms. The molecule has 1 atom stereocenters. The van der Waals surface area contributed by atoms with Crippen LogP contribution in [0.3, 0.4) is 0 Å². The van der Waals surface area contributed by atoms with Crippen LogP contribution in [-0.4, -0.2) is 36.6 Å². The van der Waals surface area contributed by atoms with Crippen LogP contribution < -0.4 is 5.32 Å². The fourth-order valence-corrected chi connectivity index (χ4v) is 2.25. The minimum atomic E-state index is 0.394. The van der Waals surface area contributed by atoms with Crippen molar-refractivity contribution in [3.8, 4) is 0 Å². The van der Waals surface area contributed by atoms with Crippen molar-refractivity contribution in [3.05, 3.63) is 0 Å². The number of rotatable bonds is 5. The molecule has 1 aliphatic rings. The molecule has 0 radical (unpaired) electrons. The van der Waals surface area contributed by atoms with Gasteiger partial charge in [-0.2, -0.15) is 0 Å². The summed E-state index contributed by atoms with van der Waals surface area (Å²) >= 11 is 0. The van der Waals surface area contributed by atoms with Crippen LogP contribution in [0, 0.1) is 0 Å². The van der Waals surface area contributed by atoms with Crippen molar-refractivity contribution in [2.24, 2.45) is 0 Å². The number of likely N-dealkylation sites (N-methyl/N-ethyl adjacent to an activating group) is 1. The third-order valence-corrected chi connectivity index (χ3v) is 3.02. The molecule has 78 valence electrons. The van der Waals surface area contributed by atoms with Gasteiger partial charge in [-0.1, -0.05) is 13.8 Å². The molecule has 1 unspecified atom stereocenters. The molecule has 0 bridgehead atoms. The average Bonchev–Trinajstić information content (AvgIpc) is 2.51. The van der Waals surface area contributed by atoms with E-state index in [-0.39, 0.29) is 0 Å². The van der Waals surface area contributed by atoms with Gasteiger partial charge in [0.1, 0.15) is 0 Å². The van der Waals surface area contributed by atoms with Crippen LogP contribution in [0.1, 0.15) is 40.0 Å². The SMILES string of the molecule is CCCN(CC)CC1(C)CCCN1. The van der Waals surface area contributed by atoms with Crippen LogP contribution >= 0.6 is 0 Å². The lowest BCUT2D eigenvalue weighted by Gasteiger charge is -2.31. The van der Waals surface area contributed by atoms with Gasteiger partial charge in [0.05, 0.1) is 0 Å². The minimum Gasteiger partial charge on any atom is -0.310 e. The molecule has 0 aliphatic carbocycles. The Morgan fingerprint density at radius 1 is 1.38 bits per heavy atom. The summed E-state index contributed by atoms with van der Waals surface area (Å²) < 4.78 is 0. The lowest BCUT2D eigenvalue weighted by Crippen LogP contribution is -2.47. The molecule has 1 fully saturated rings. The van der Waals surface area contributed by atoms with Crippen molar-refractivity contribution < 1.29 is 0 Å². The smallest absolute Gasteiger partial charge is 0.0280 e. The number of hydrogen-bond donors (Lipinski definition) is 1. The second-order valence-corrected chi connectivity index (χ2v) is 4.46. The average molecular weight is 184 g/mol. The fourth-order valence-electron chi connectivity index (χ4n) is 2.25. The second kappa shape index (κ2) is 4.97. The first-order chi connectivity index (χ1) is 6.20. The van der Waals surface area contributed by atoms with Gasteiger partial charge in [-0.05, 0) is 45.8 Å². The second-order valence-electron chi connectivity index (χ2n) is 4.46. The molecule has 1 aliphatic heterocycles. The summed E-state index contributed by atoms with van der Waals surface area (Å²) in [4.78, 5) is 2.55. The molecule has 1 N–H and O–H groups in total. The van der Waals surface area contributed by atoms with Crippen LogP contribution in [0.15, 0.2) is 0 Å². The van der Waals surface area contributed by atoms with E-state index in [1.807, 2.05) is 0 Å². The fraction of sp³-hybridized carbons (Fsp3) is 1.00. The van der Waals surface area contributed by atoms with Gasteiger partial charge in [-0.25, -0.2) is 0 Å². The predicted molar refractivity (Wildman–Crippen MR) is 58.0 cm³/mol. The Labute approximate surface area is 82.7 Å². The third-order valence-electron chi connectivity index (χ3n) is 3.02. The van der Waals surface area contributed by atoms with Crippen LogP contribution in [0.25, 0.3) is 0 Å². The van der Waals surface area contributed by atoms with Crippen LogP contribution in [0.2, 0.25) is 0 Å². The van der Waals surface area contributed by atoms with E-state index >= 15 is 0 Å². The van der Waals surface area contributed by atoms with Gasteiger partial charge in [0.15, 0.2) is 0 Å². The molecular weight excluding hydrogens is 160 g/mol. The van der Waals surface area contributed by atoms with E-state index < -0.39 is 0 Å². The third kappa shape index (κ3) is 3.28. The molecular formula is C11H24N2. The molecule has 2 nitrogen and oxygen atoms in total. The highest BCUT2D eigenvalue weighted by Crippen LogP contribution is 2.19. The van der Waals surface area contributed by atoms with Gasteiger partial charge in [-0.3, -0.25) is 0 Å². The number of nitrogens with zero attached hydrogens (tertiary/aromatic N) is 1. The Kier molecular flexibility index (Phi) is 4.20. The summed E-state index contributed by atoms with van der Waals surface area (Å²) in [7, 11) is 0. The highest BCUT2D eigenvalue weighted by Gasteiger charge is 2.29. The monoisotopic (exact) mass is 184 g/mol. The summed E-state index contributed by atoms with van der Waals surface area (Å²) in [5, 5.41) is 3.61. The summed E-state index contributed by atoms with van der Waals surface area (Å²) in [5.74, 6) is 0. The van der Waals surface area contributed by atoms with Crippen LogP contribution in [0.4, 0.5) is 0 Å². The Morgan fingerprint density at radius 2 is 2.15 bits per heavy atom. The van der Waals surface area contributed by atoms with Crippen LogP contribution in [0.5, 0.6) is 0 Å². The molecule has 0 saturated carbocycles. The van der Waals surface area contributed by atoms with E-state index in [1.54, 1.807) is 0 Å². The van der Waals surface area contributed by atoms with E-state index in [2.05, 4.69) is 31.0 Å². The highest BCUT2D eigenvalue weighted by molar-refractivity contribution is 4.91. The van der Waals surface area contributed by atoms with Crippen molar-refractivity contribution in [2.75, 3.05) is 26.2 Å². The topological polar surface area (TPSA) is 15.3 Å². The summed E-state index contributed by atoms with van der Waals surface area (Å²) in [6, 6.07) is 0. The lowest BCUT2D eigenvalue weighted by molar-refractivity contribution is 0.212. The maximum atomic E-state index is 3.61. The van der Waals surface area contributed by atoms with Gasteiger partial charge >= 0.3 is 0 Å². The zero-order valence-corrected chi connectivity index (χ0v) is 9.40. The first-order valence-corrected chi connectivity index (χ1v) is 5.67. The molecule has 0 aromatic carbocycles. The van der Waals surface area contributed by atoms with Gasteiger partial charge < -0.3 is 10.2 Å². The predicted octanol–water partition coefficient (Wildman–Crippen LogP) is 1.86. The number of nitrogens with one attached hydrogen (secondary N) is 1. The summed E-state index contributed by atoms with van der Waals surface area (Å²) in [6.45, 7) is 11.7. The molecule has 1 heterocycles. The molecule has 0 aromatic heterocycles. The molecule has 1 saturated heterocycles. The van der Waals surface area contributed by atoms with E-state index in [9.17, 15) is 0 Å². The van der Waals surface area contributed by atoms with Crippen LogP contribution in [-0.2, 0) is 0 Å². The van der Waals surface area contributed by atoms with Crippen molar-refractivity contribution in [1.29, 1.82) is 0 Å². The normalized spacial score (nSPS) is 28.6. The van der Waals surface area contributed by atoms with Crippen molar-refractivity contribution in [3.63, 3.8) is 0 Å². The standard InChI is InChI=1S/C11H24N2/c1-4-9-13(5-2)10-11(3)7-6-8-12-11/h12H,4-10H2,1-3H3. The summed E-state index contributed by atoms with van der Waals surface area (Å²) in [5.41, 5.74) is 0.394. The van der Waals surface area contributed by atoms with E-state index in [4.69, 9.17) is 0 Å². The molecule has 2 heteroatoms. The zero-order valence-electron chi connectivity index (χ0n) is 9.40. The zero-order chi connectivity index (χ0) is 9.73. The quantitative estimate of drug-likeness (QED) is 0.701. The van der Waals surface area contributed by atoms with E-state index in [1.165, 1.54) is 45.4 Å². The summed E-state index contributed by atoms with van der Waals surface area (Å²) in [6.07, 6.45) is 3.96. The lowest BCUT2D eigenvalue weighted by atomic mass is 9.99. The Bertz CT molecular complexity index is 139. The van der Waals surface area contributed by atoms with Crippen molar-refractivity contribution >= 4 is 0 Å². The van der Waals surface area contributed by atoms with Crippen molar-refractivity contribution in [1.82, 2.24) is 10.2 Å². The van der Waals surface area contributed by atoms with Crippen molar-refractivity contribution in [2.45, 2.75) is 45.6 Å². The minimum absolute atomic E-state index is 0.394. The maximum Gasteiger partial charge on any atom is 0.0280 e. The largest absolute Gasteiger partial charge is 0.310 e. The molecule has 0 amide bonds. The Balaban J connectivity index is 2.35. The maximum absolute atomic E-state index is 3.61. The van der Waals surface area contributed by atoms with E-state index in [0.29, 0.717) is 5.54 Å². The van der Waals surface area contributed by atoms with Gasteiger partial charge in [0, 0.05) is 12.1 Å².